The average Bonchev–Trinajstić information content (AvgIpc) is 2.33. The average molecular weight is 228 g/mol. The number of hydrogen-bond acceptors (Lipinski definition) is 4. The van der Waals surface area contributed by atoms with E-state index in [2.05, 4.69) is 9.97 Å². The summed E-state index contributed by atoms with van der Waals surface area (Å²) in [6.07, 6.45) is 3.63. The molecule has 0 radical (unpaired) electrons. The van der Waals surface area contributed by atoms with E-state index in [0.717, 1.165) is 16.8 Å². The maximum absolute atomic E-state index is 5.90. The Kier molecular flexibility index (Phi) is 3.23. The summed E-state index contributed by atoms with van der Waals surface area (Å²) >= 11 is 0. The first kappa shape index (κ1) is 11.4. The van der Waals surface area contributed by atoms with Gasteiger partial charge in [-0.3, -0.25) is 0 Å². The van der Waals surface area contributed by atoms with Gasteiger partial charge in [-0.2, -0.15) is 0 Å². The second-order valence-corrected chi connectivity index (χ2v) is 4.12. The summed E-state index contributed by atoms with van der Waals surface area (Å²) in [6.45, 7) is 2.68. The second-order valence-electron chi connectivity index (χ2n) is 4.12. The molecule has 0 bridgehead atoms. The van der Waals surface area contributed by atoms with Crippen LogP contribution in [0.15, 0.2) is 36.7 Å². The minimum Gasteiger partial charge on any atom is -0.398 e. The second kappa shape index (κ2) is 4.82. The van der Waals surface area contributed by atoms with Gasteiger partial charge in [0.05, 0.1) is 0 Å². The number of aryl methyl sites for hydroxylation is 1. The van der Waals surface area contributed by atoms with E-state index in [0.29, 0.717) is 12.5 Å². The highest BCUT2D eigenvalue weighted by molar-refractivity contribution is 5.48. The highest BCUT2D eigenvalue weighted by atomic mass is 15.2. The molecule has 0 aliphatic carbocycles. The van der Waals surface area contributed by atoms with Gasteiger partial charge < -0.3 is 10.6 Å². The van der Waals surface area contributed by atoms with Crippen molar-refractivity contribution in [2.75, 3.05) is 17.7 Å². The van der Waals surface area contributed by atoms with E-state index in [1.165, 1.54) is 0 Å². The number of nitrogens with zero attached hydrogens (tertiary/aromatic N) is 3. The highest BCUT2D eigenvalue weighted by Gasteiger charge is 2.06. The van der Waals surface area contributed by atoms with E-state index in [9.17, 15) is 0 Å². The molecule has 0 spiro atoms. The lowest BCUT2D eigenvalue weighted by atomic mass is 10.2. The SMILES string of the molecule is Cc1cnc(N(C)Cc2ccccc2N)nc1. The lowest BCUT2D eigenvalue weighted by Gasteiger charge is -2.17. The first-order valence-electron chi connectivity index (χ1n) is 5.50. The van der Waals surface area contributed by atoms with Gasteiger partial charge in [0.25, 0.3) is 0 Å². The Morgan fingerprint density at radius 3 is 2.47 bits per heavy atom. The zero-order valence-electron chi connectivity index (χ0n) is 10.1. The Labute approximate surface area is 101 Å². The molecule has 0 amide bonds. The number of nitrogens with two attached hydrogens (primary N) is 1. The molecule has 0 saturated heterocycles. The lowest BCUT2D eigenvalue weighted by Crippen LogP contribution is -2.19. The standard InChI is InChI=1S/C13H16N4/c1-10-7-15-13(16-8-10)17(2)9-11-5-3-4-6-12(11)14/h3-8H,9,14H2,1-2H3. The molecule has 2 N–H and O–H groups in total. The summed E-state index contributed by atoms with van der Waals surface area (Å²) in [7, 11) is 1.96. The van der Waals surface area contributed by atoms with Crippen LogP contribution in [-0.4, -0.2) is 17.0 Å². The third-order valence-corrected chi connectivity index (χ3v) is 2.57. The van der Waals surface area contributed by atoms with Crippen LogP contribution in [0.25, 0.3) is 0 Å². The summed E-state index contributed by atoms with van der Waals surface area (Å²) in [6, 6.07) is 7.83. The van der Waals surface area contributed by atoms with E-state index in [1.807, 2.05) is 55.5 Å². The molecule has 1 aromatic heterocycles. The number of para-hydroxylation sites is 1. The van der Waals surface area contributed by atoms with E-state index in [-0.39, 0.29) is 0 Å². The number of nitrogen functional groups attached to an aromatic ring is 1. The van der Waals surface area contributed by atoms with Crippen molar-refractivity contribution in [2.24, 2.45) is 0 Å². The van der Waals surface area contributed by atoms with Crippen molar-refractivity contribution < 1.29 is 0 Å². The summed E-state index contributed by atoms with van der Waals surface area (Å²) in [5, 5.41) is 0. The van der Waals surface area contributed by atoms with Crippen LogP contribution in [0, 0.1) is 6.92 Å². The van der Waals surface area contributed by atoms with Crippen molar-refractivity contribution in [3.8, 4) is 0 Å². The number of rotatable bonds is 3. The predicted molar refractivity (Wildman–Crippen MR) is 69.7 cm³/mol. The summed E-state index contributed by atoms with van der Waals surface area (Å²) in [5.74, 6) is 0.707. The normalized spacial score (nSPS) is 10.2. The quantitative estimate of drug-likeness (QED) is 0.816. The van der Waals surface area contributed by atoms with E-state index in [1.54, 1.807) is 0 Å². The van der Waals surface area contributed by atoms with Crippen molar-refractivity contribution in [3.05, 3.63) is 47.8 Å². The van der Waals surface area contributed by atoms with Crippen LogP contribution >= 0.6 is 0 Å². The van der Waals surface area contributed by atoms with Gasteiger partial charge in [-0.1, -0.05) is 18.2 Å². The fourth-order valence-electron chi connectivity index (χ4n) is 1.59. The predicted octanol–water partition coefficient (Wildman–Crippen LogP) is 2.00. The molecule has 0 fully saturated rings. The van der Waals surface area contributed by atoms with Crippen molar-refractivity contribution in [1.29, 1.82) is 0 Å². The van der Waals surface area contributed by atoms with Gasteiger partial charge in [-0.05, 0) is 24.1 Å². The number of anilines is 2. The fourth-order valence-corrected chi connectivity index (χ4v) is 1.59. The fraction of sp³-hybridized carbons (Fsp3) is 0.231. The molecule has 17 heavy (non-hydrogen) atoms. The number of hydrogen-bond donors (Lipinski definition) is 1. The molecule has 0 aliphatic heterocycles. The first-order valence-corrected chi connectivity index (χ1v) is 5.50. The van der Waals surface area contributed by atoms with Crippen molar-refractivity contribution in [1.82, 2.24) is 9.97 Å². The third kappa shape index (κ3) is 2.72. The van der Waals surface area contributed by atoms with E-state index < -0.39 is 0 Å². The van der Waals surface area contributed by atoms with Crippen LogP contribution in [0.4, 0.5) is 11.6 Å². The molecule has 1 aromatic carbocycles. The highest BCUT2D eigenvalue weighted by Crippen LogP contribution is 2.15. The molecule has 0 unspecified atom stereocenters. The van der Waals surface area contributed by atoms with Crippen LogP contribution < -0.4 is 10.6 Å². The zero-order chi connectivity index (χ0) is 12.3. The molecule has 2 rings (SSSR count). The van der Waals surface area contributed by atoms with E-state index >= 15 is 0 Å². The molecule has 0 atom stereocenters. The van der Waals surface area contributed by atoms with Gasteiger partial charge in [-0.25, -0.2) is 9.97 Å². The molecule has 0 saturated carbocycles. The Morgan fingerprint density at radius 2 is 1.82 bits per heavy atom. The number of aromatic nitrogens is 2. The third-order valence-electron chi connectivity index (χ3n) is 2.57. The minimum atomic E-state index is 0.704. The molecule has 2 aromatic rings. The van der Waals surface area contributed by atoms with Gasteiger partial charge in [0, 0.05) is 31.7 Å². The summed E-state index contributed by atoms with van der Waals surface area (Å²) in [5.41, 5.74) is 8.84. The maximum Gasteiger partial charge on any atom is 0.225 e. The van der Waals surface area contributed by atoms with E-state index in [4.69, 9.17) is 5.73 Å². The molecule has 4 heteroatoms. The topological polar surface area (TPSA) is 55.0 Å². The molecular formula is C13H16N4. The Bertz CT molecular complexity index is 493. The first-order chi connectivity index (χ1) is 8.16. The van der Waals surface area contributed by atoms with Gasteiger partial charge >= 0.3 is 0 Å². The Morgan fingerprint density at radius 1 is 1.18 bits per heavy atom. The van der Waals surface area contributed by atoms with Crippen LogP contribution in [0.2, 0.25) is 0 Å². The van der Waals surface area contributed by atoms with Crippen molar-refractivity contribution >= 4 is 11.6 Å². The van der Waals surface area contributed by atoms with Crippen molar-refractivity contribution in [2.45, 2.75) is 13.5 Å². The summed E-state index contributed by atoms with van der Waals surface area (Å²) in [4.78, 5) is 10.5. The van der Waals surface area contributed by atoms with Crippen molar-refractivity contribution in [3.63, 3.8) is 0 Å². The smallest absolute Gasteiger partial charge is 0.225 e. The molecule has 1 heterocycles. The van der Waals surface area contributed by atoms with Crippen LogP contribution in [-0.2, 0) is 6.54 Å². The van der Waals surface area contributed by atoms with Gasteiger partial charge in [0.2, 0.25) is 5.95 Å². The van der Waals surface area contributed by atoms with Crippen LogP contribution in [0.5, 0.6) is 0 Å². The lowest BCUT2D eigenvalue weighted by molar-refractivity contribution is 0.865. The minimum absolute atomic E-state index is 0.704. The number of benzene rings is 1. The zero-order valence-corrected chi connectivity index (χ0v) is 10.1. The Hall–Kier alpha value is -2.10. The summed E-state index contributed by atoms with van der Waals surface area (Å²) < 4.78 is 0. The monoisotopic (exact) mass is 228 g/mol. The van der Waals surface area contributed by atoms with Crippen LogP contribution in [0.3, 0.4) is 0 Å². The van der Waals surface area contributed by atoms with Gasteiger partial charge in [0.15, 0.2) is 0 Å². The molecular weight excluding hydrogens is 212 g/mol. The van der Waals surface area contributed by atoms with Gasteiger partial charge in [-0.15, -0.1) is 0 Å². The molecule has 4 nitrogen and oxygen atoms in total. The van der Waals surface area contributed by atoms with Gasteiger partial charge in [0.1, 0.15) is 0 Å². The Balaban J connectivity index is 2.14. The molecule has 0 aliphatic rings. The maximum atomic E-state index is 5.90. The van der Waals surface area contributed by atoms with Crippen LogP contribution in [0.1, 0.15) is 11.1 Å². The molecule has 88 valence electrons. The largest absolute Gasteiger partial charge is 0.398 e.